The number of hydrogen-bond acceptors (Lipinski definition) is 5. The second kappa shape index (κ2) is 9.38. The molecular weight excluding hydrogens is 334 g/mol. The summed E-state index contributed by atoms with van der Waals surface area (Å²) >= 11 is 1.69. The molecule has 2 fully saturated rings. The monoisotopic (exact) mass is 365 g/mol. The standard InChI is InChI=1S/C18H31N5OS/c1-2-24-16(15-5-3-4-6-15)7-8-20-17(19)22-10-12-23(13-11-22)18-21-9-14-25-18/h9,14-16H,2-8,10-13H2,1H3,(H2,19,20). The van der Waals surface area contributed by atoms with Gasteiger partial charge in [-0.3, -0.25) is 4.99 Å². The number of ether oxygens (including phenoxy) is 1. The zero-order valence-corrected chi connectivity index (χ0v) is 16.1. The Labute approximate surface area is 155 Å². The first-order valence-electron chi connectivity index (χ1n) is 9.59. The van der Waals surface area contributed by atoms with Gasteiger partial charge in [0, 0.05) is 50.9 Å². The lowest BCUT2D eigenvalue weighted by Crippen LogP contribution is -2.51. The van der Waals surface area contributed by atoms with E-state index in [-0.39, 0.29) is 0 Å². The molecule has 1 aliphatic carbocycles. The maximum Gasteiger partial charge on any atom is 0.191 e. The van der Waals surface area contributed by atoms with Crippen LogP contribution in [0.1, 0.15) is 39.0 Å². The van der Waals surface area contributed by atoms with E-state index < -0.39 is 0 Å². The lowest BCUT2D eigenvalue weighted by molar-refractivity contribution is 0.0177. The fourth-order valence-corrected chi connectivity index (χ4v) is 4.60. The van der Waals surface area contributed by atoms with Crippen molar-refractivity contribution in [1.82, 2.24) is 9.88 Å². The molecule has 2 N–H and O–H groups in total. The van der Waals surface area contributed by atoms with Crippen LogP contribution in [0.3, 0.4) is 0 Å². The van der Waals surface area contributed by atoms with Crippen molar-refractivity contribution < 1.29 is 4.74 Å². The van der Waals surface area contributed by atoms with Crippen LogP contribution in [0.2, 0.25) is 0 Å². The summed E-state index contributed by atoms with van der Waals surface area (Å²) in [6.45, 7) is 7.36. The van der Waals surface area contributed by atoms with Gasteiger partial charge in [-0.1, -0.05) is 12.8 Å². The summed E-state index contributed by atoms with van der Waals surface area (Å²) in [6.07, 6.45) is 8.52. The molecule has 0 aromatic carbocycles. The van der Waals surface area contributed by atoms with Gasteiger partial charge in [-0.05, 0) is 32.1 Å². The Morgan fingerprint density at radius 3 is 2.76 bits per heavy atom. The molecule has 140 valence electrons. The van der Waals surface area contributed by atoms with E-state index in [1.54, 1.807) is 11.3 Å². The van der Waals surface area contributed by atoms with E-state index in [0.29, 0.717) is 12.1 Å². The Morgan fingerprint density at radius 1 is 1.36 bits per heavy atom. The minimum absolute atomic E-state index is 0.353. The Bertz CT molecular complexity index is 522. The second-order valence-corrected chi connectivity index (χ2v) is 7.73. The maximum absolute atomic E-state index is 6.23. The van der Waals surface area contributed by atoms with Crippen molar-refractivity contribution in [3.05, 3.63) is 11.6 Å². The van der Waals surface area contributed by atoms with Gasteiger partial charge in [0.1, 0.15) is 0 Å². The quantitative estimate of drug-likeness (QED) is 0.594. The molecule has 1 aromatic rings. The second-order valence-electron chi connectivity index (χ2n) is 6.86. The third kappa shape index (κ3) is 5.07. The summed E-state index contributed by atoms with van der Waals surface area (Å²) in [7, 11) is 0. The Hall–Kier alpha value is -1.34. The fraction of sp³-hybridized carbons (Fsp3) is 0.778. The van der Waals surface area contributed by atoms with Crippen LogP contribution in [0.5, 0.6) is 0 Å². The number of rotatable bonds is 7. The van der Waals surface area contributed by atoms with Gasteiger partial charge in [0.05, 0.1) is 6.10 Å². The molecule has 1 saturated carbocycles. The lowest BCUT2D eigenvalue weighted by Gasteiger charge is -2.35. The van der Waals surface area contributed by atoms with Crippen molar-refractivity contribution in [2.75, 3.05) is 44.2 Å². The highest BCUT2D eigenvalue weighted by molar-refractivity contribution is 7.13. The summed E-state index contributed by atoms with van der Waals surface area (Å²) in [5.74, 6) is 1.40. The molecule has 2 aliphatic rings. The predicted molar refractivity (Wildman–Crippen MR) is 104 cm³/mol. The fourth-order valence-electron chi connectivity index (χ4n) is 3.90. The van der Waals surface area contributed by atoms with Crippen LogP contribution >= 0.6 is 11.3 Å². The first-order chi connectivity index (χ1) is 12.3. The summed E-state index contributed by atoms with van der Waals surface area (Å²) in [5, 5.41) is 3.13. The Kier molecular flexibility index (Phi) is 6.93. The van der Waals surface area contributed by atoms with E-state index in [0.717, 1.165) is 56.8 Å². The van der Waals surface area contributed by atoms with E-state index >= 15 is 0 Å². The van der Waals surface area contributed by atoms with E-state index in [2.05, 4.69) is 26.7 Å². The summed E-state index contributed by atoms with van der Waals surface area (Å²) in [6, 6.07) is 0. The topological polar surface area (TPSA) is 67.0 Å². The third-order valence-corrected chi connectivity index (χ3v) is 6.12. The molecule has 1 atom stereocenters. The first-order valence-corrected chi connectivity index (χ1v) is 10.5. The van der Waals surface area contributed by atoms with Gasteiger partial charge in [-0.15, -0.1) is 11.3 Å². The molecule has 0 radical (unpaired) electrons. The molecule has 1 saturated heterocycles. The van der Waals surface area contributed by atoms with Crippen molar-refractivity contribution in [1.29, 1.82) is 0 Å². The van der Waals surface area contributed by atoms with E-state index in [4.69, 9.17) is 10.5 Å². The van der Waals surface area contributed by atoms with Gasteiger partial charge in [0.15, 0.2) is 11.1 Å². The number of piperazine rings is 1. The van der Waals surface area contributed by atoms with Crippen LogP contribution in [0.4, 0.5) is 5.13 Å². The highest BCUT2D eigenvalue weighted by atomic mass is 32.1. The number of nitrogens with zero attached hydrogens (tertiary/aromatic N) is 4. The predicted octanol–water partition coefficient (Wildman–Crippen LogP) is 2.57. The summed E-state index contributed by atoms with van der Waals surface area (Å²) in [4.78, 5) is 13.5. The molecule has 6 nitrogen and oxygen atoms in total. The van der Waals surface area contributed by atoms with E-state index in [1.165, 1.54) is 25.7 Å². The lowest BCUT2D eigenvalue weighted by atomic mass is 9.98. The molecule has 0 bridgehead atoms. The molecule has 0 spiro atoms. The van der Waals surface area contributed by atoms with Gasteiger partial charge in [-0.2, -0.15) is 0 Å². The number of thiazole rings is 1. The highest BCUT2D eigenvalue weighted by Gasteiger charge is 2.25. The average Bonchev–Trinajstić information content (AvgIpc) is 3.34. The zero-order valence-electron chi connectivity index (χ0n) is 15.3. The normalized spacial score (nSPS) is 21.1. The molecule has 1 aromatic heterocycles. The van der Waals surface area contributed by atoms with Gasteiger partial charge in [-0.25, -0.2) is 4.98 Å². The third-order valence-electron chi connectivity index (χ3n) is 5.29. The summed E-state index contributed by atoms with van der Waals surface area (Å²) in [5.41, 5.74) is 6.23. The molecular formula is C18H31N5OS. The number of guanidine groups is 1. The van der Waals surface area contributed by atoms with Crippen molar-refractivity contribution in [3.63, 3.8) is 0 Å². The van der Waals surface area contributed by atoms with Gasteiger partial charge in [0.25, 0.3) is 0 Å². The van der Waals surface area contributed by atoms with Crippen molar-refractivity contribution >= 4 is 22.4 Å². The molecule has 3 rings (SSSR count). The SMILES string of the molecule is CCOC(CCN=C(N)N1CCN(c2nccs2)CC1)C1CCCC1. The van der Waals surface area contributed by atoms with Crippen LogP contribution in [-0.2, 0) is 4.74 Å². The molecule has 1 unspecified atom stereocenters. The maximum atomic E-state index is 6.23. The highest BCUT2D eigenvalue weighted by Crippen LogP contribution is 2.30. The van der Waals surface area contributed by atoms with Gasteiger partial charge < -0.3 is 20.3 Å². The Morgan fingerprint density at radius 2 is 2.12 bits per heavy atom. The molecule has 0 amide bonds. The average molecular weight is 366 g/mol. The van der Waals surface area contributed by atoms with Crippen LogP contribution in [0, 0.1) is 5.92 Å². The van der Waals surface area contributed by atoms with Crippen LogP contribution in [0.15, 0.2) is 16.6 Å². The minimum atomic E-state index is 0.353. The number of hydrogen-bond donors (Lipinski definition) is 1. The van der Waals surface area contributed by atoms with Crippen LogP contribution < -0.4 is 10.6 Å². The minimum Gasteiger partial charge on any atom is -0.378 e. The van der Waals surface area contributed by atoms with Crippen molar-refractivity contribution in [2.24, 2.45) is 16.6 Å². The van der Waals surface area contributed by atoms with Crippen LogP contribution in [-0.4, -0.2) is 61.3 Å². The number of aromatic nitrogens is 1. The zero-order chi connectivity index (χ0) is 17.5. The first kappa shape index (κ1) is 18.5. The number of anilines is 1. The Balaban J connectivity index is 1.43. The van der Waals surface area contributed by atoms with Crippen molar-refractivity contribution in [3.8, 4) is 0 Å². The van der Waals surface area contributed by atoms with E-state index in [1.807, 2.05) is 11.6 Å². The smallest absolute Gasteiger partial charge is 0.191 e. The molecule has 2 heterocycles. The van der Waals surface area contributed by atoms with Gasteiger partial charge >= 0.3 is 0 Å². The van der Waals surface area contributed by atoms with Gasteiger partial charge in [0.2, 0.25) is 0 Å². The summed E-state index contributed by atoms with van der Waals surface area (Å²) < 4.78 is 5.97. The van der Waals surface area contributed by atoms with Crippen molar-refractivity contribution in [2.45, 2.75) is 45.1 Å². The van der Waals surface area contributed by atoms with Crippen LogP contribution in [0.25, 0.3) is 0 Å². The number of aliphatic imine (C=N–C) groups is 1. The molecule has 7 heteroatoms. The number of nitrogens with two attached hydrogens (primary N) is 1. The van der Waals surface area contributed by atoms with E-state index in [9.17, 15) is 0 Å². The molecule has 1 aliphatic heterocycles. The molecule has 25 heavy (non-hydrogen) atoms. The largest absolute Gasteiger partial charge is 0.378 e.